The van der Waals surface area contributed by atoms with Crippen molar-refractivity contribution in [2.75, 3.05) is 19.0 Å². The first-order valence-electron chi connectivity index (χ1n) is 9.34. The topological polar surface area (TPSA) is 81.7 Å². The monoisotopic (exact) mass is 391 g/mol. The second kappa shape index (κ2) is 8.69. The van der Waals surface area contributed by atoms with Crippen LogP contribution in [0.5, 0.6) is 0 Å². The third-order valence-electron chi connectivity index (χ3n) is 5.10. The smallest absolute Gasteiger partial charge is 0.341 e. The summed E-state index contributed by atoms with van der Waals surface area (Å²) in [5.74, 6) is -0.850. The summed E-state index contributed by atoms with van der Waals surface area (Å²) < 4.78 is 10.1. The van der Waals surface area contributed by atoms with Crippen molar-refractivity contribution in [3.8, 4) is 0 Å². The zero-order valence-electron chi connectivity index (χ0n) is 15.7. The van der Waals surface area contributed by atoms with Crippen LogP contribution in [0.1, 0.15) is 53.4 Å². The van der Waals surface area contributed by atoms with Crippen LogP contribution in [0, 0.1) is 11.8 Å². The van der Waals surface area contributed by atoms with Gasteiger partial charge in [0.25, 0.3) is 5.91 Å². The van der Waals surface area contributed by atoms with Crippen LogP contribution >= 0.6 is 11.3 Å². The van der Waals surface area contributed by atoms with E-state index in [1.807, 2.05) is 12.2 Å². The molecule has 1 amide bonds. The lowest BCUT2D eigenvalue weighted by Crippen LogP contribution is -2.25. The van der Waals surface area contributed by atoms with Gasteiger partial charge in [-0.2, -0.15) is 0 Å². The molecule has 0 spiro atoms. The maximum absolute atomic E-state index is 12.3. The molecule has 0 aliphatic heterocycles. The Morgan fingerprint density at radius 2 is 2.07 bits per heavy atom. The van der Waals surface area contributed by atoms with Crippen LogP contribution in [-0.2, 0) is 31.9 Å². The van der Waals surface area contributed by atoms with Crippen LogP contribution in [0.3, 0.4) is 0 Å². The minimum absolute atomic E-state index is 0.177. The first kappa shape index (κ1) is 19.6. The van der Waals surface area contributed by atoms with Crippen molar-refractivity contribution >= 4 is 34.2 Å². The van der Waals surface area contributed by atoms with Crippen LogP contribution in [0.25, 0.3) is 0 Å². The molecular weight excluding hydrogens is 366 g/mol. The SMILES string of the molecule is COC(=O)c1c(NC(=O)COC(=O)[C@H]2CC=CCC2)sc2c1CC[C@H](C)C2. The molecule has 7 heteroatoms. The molecule has 0 saturated heterocycles. The summed E-state index contributed by atoms with van der Waals surface area (Å²) in [5, 5.41) is 3.23. The average Bonchev–Trinajstić information content (AvgIpc) is 3.02. The molecule has 3 rings (SSSR count). The number of anilines is 1. The number of nitrogens with one attached hydrogen (secondary N) is 1. The van der Waals surface area contributed by atoms with Crippen LogP contribution in [0.2, 0.25) is 0 Å². The highest BCUT2D eigenvalue weighted by Crippen LogP contribution is 2.40. The molecular formula is C20H25NO5S. The summed E-state index contributed by atoms with van der Waals surface area (Å²) in [6, 6.07) is 0. The number of ether oxygens (including phenoxy) is 2. The standard InChI is InChI=1S/C20H25NO5S/c1-12-8-9-14-15(10-12)27-18(17(14)20(24)25-2)21-16(22)11-26-19(23)13-6-4-3-5-7-13/h3-4,12-13H,5-11H2,1-2H3,(H,21,22)/t12-,13-/m0/s1. The second-order valence-electron chi connectivity index (χ2n) is 7.18. The van der Waals surface area contributed by atoms with Crippen molar-refractivity contribution in [2.24, 2.45) is 11.8 Å². The highest BCUT2D eigenvalue weighted by atomic mass is 32.1. The van der Waals surface area contributed by atoms with E-state index in [2.05, 4.69) is 12.2 Å². The van der Waals surface area contributed by atoms with Crippen molar-refractivity contribution < 1.29 is 23.9 Å². The van der Waals surface area contributed by atoms with Gasteiger partial charge in [-0.05, 0) is 50.0 Å². The number of carbonyl (C=O) groups is 3. The van der Waals surface area contributed by atoms with Gasteiger partial charge in [0, 0.05) is 4.88 Å². The summed E-state index contributed by atoms with van der Waals surface area (Å²) in [4.78, 5) is 37.7. The van der Waals surface area contributed by atoms with Gasteiger partial charge in [-0.3, -0.25) is 9.59 Å². The molecule has 0 unspecified atom stereocenters. The Morgan fingerprint density at radius 1 is 1.26 bits per heavy atom. The summed E-state index contributed by atoms with van der Waals surface area (Å²) in [6.07, 6.45) is 8.98. The number of allylic oxidation sites excluding steroid dienone is 2. The minimum atomic E-state index is -0.441. The van der Waals surface area contributed by atoms with Gasteiger partial charge in [-0.25, -0.2) is 4.79 Å². The largest absolute Gasteiger partial charge is 0.465 e. The first-order valence-corrected chi connectivity index (χ1v) is 10.2. The first-order chi connectivity index (χ1) is 13.0. The van der Waals surface area contributed by atoms with Gasteiger partial charge in [0.05, 0.1) is 18.6 Å². The molecule has 146 valence electrons. The van der Waals surface area contributed by atoms with Crippen LogP contribution in [-0.4, -0.2) is 31.6 Å². The van der Waals surface area contributed by atoms with Gasteiger partial charge < -0.3 is 14.8 Å². The maximum atomic E-state index is 12.3. The number of hydrogen-bond donors (Lipinski definition) is 1. The number of esters is 2. The van der Waals surface area contributed by atoms with E-state index in [1.54, 1.807) is 0 Å². The highest BCUT2D eigenvalue weighted by Gasteiger charge is 2.29. The molecule has 0 saturated carbocycles. The predicted molar refractivity (Wildman–Crippen MR) is 103 cm³/mol. The number of amides is 1. The fourth-order valence-electron chi connectivity index (χ4n) is 3.58. The normalized spacial score (nSPS) is 21.3. The van der Waals surface area contributed by atoms with Crippen molar-refractivity contribution in [3.63, 3.8) is 0 Å². The molecule has 1 aromatic heterocycles. The molecule has 0 radical (unpaired) electrons. The van der Waals surface area contributed by atoms with Crippen LogP contribution in [0.15, 0.2) is 12.2 Å². The number of methoxy groups -OCH3 is 1. The van der Waals surface area contributed by atoms with Gasteiger partial charge in [-0.1, -0.05) is 19.1 Å². The Balaban J connectivity index is 1.65. The zero-order valence-corrected chi connectivity index (χ0v) is 16.5. The molecule has 1 heterocycles. The summed E-state index contributed by atoms with van der Waals surface area (Å²) in [6.45, 7) is 1.83. The quantitative estimate of drug-likeness (QED) is 0.614. The lowest BCUT2D eigenvalue weighted by atomic mass is 9.88. The molecule has 0 aromatic carbocycles. The molecule has 0 fully saturated rings. The Morgan fingerprint density at radius 3 is 2.78 bits per heavy atom. The Bertz CT molecular complexity index is 767. The Labute approximate surface area is 162 Å². The molecule has 1 aromatic rings. The van der Waals surface area contributed by atoms with Crippen LogP contribution < -0.4 is 5.32 Å². The van der Waals surface area contributed by atoms with E-state index in [1.165, 1.54) is 18.4 Å². The van der Waals surface area contributed by atoms with Gasteiger partial charge in [0.2, 0.25) is 0 Å². The zero-order chi connectivity index (χ0) is 19.4. The Kier molecular flexibility index (Phi) is 6.31. The lowest BCUT2D eigenvalue weighted by molar-refractivity contribution is -0.151. The molecule has 2 aliphatic rings. The summed E-state index contributed by atoms with van der Waals surface area (Å²) in [7, 11) is 1.34. The molecule has 27 heavy (non-hydrogen) atoms. The highest BCUT2D eigenvalue weighted by molar-refractivity contribution is 7.17. The van der Waals surface area contributed by atoms with E-state index in [0.29, 0.717) is 22.9 Å². The van der Waals surface area contributed by atoms with Crippen molar-refractivity contribution in [2.45, 2.75) is 45.4 Å². The molecule has 2 aliphatic carbocycles. The molecule has 2 atom stereocenters. The second-order valence-corrected chi connectivity index (χ2v) is 8.29. The fourth-order valence-corrected chi connectivity index (χ4v) is 5.00. The van der Waals surface area contributed by atoms with Crippen molar-refractivity contribution in [3.05, 3.63) is 28.2 Å². The van der Waals surface area contributed by atoms with E-state index in [0.717, 1.165) is 42.5 Å². The van der Waals surface area contributed by atoms with E-state index < -0.39 is 11.9 Å². The van der Waals surface area contributed by atoms with E-state index in [4.69, 9.17) is 9.47 Å². The Hall–Kier alpha value is -2.15. The number of carbonyl (C=O) groups excluding carboxylic acids is 3. The fraction of sp³-hybridized carbons (Fsp3) is 0.550. The molecule has 1 N–H and O–H groups in total. The van der Waals surface area contributed by atoms with Gasteiger partial charge in [-0.15, -0.1) is 11.3 Å². The van der Waals surface area contributed by atoms with Gasteiger partial charge >= 0.3 is 11.9 Å². The number of thiophene rings is 1. The van der Waals surface area contributed by atoms with E-state index >= 15 is 0 Å². The summed E-state index contributed by atoms with van der Waals surface area (Å²) >= 11 is 1.42. The van der Waals surface area contributed by atoms with Crippen molar-refractivity contribution in [1.29, 1.82) is 0 Å². The minimum Gasteiger partial charge on any atom is -0.465 e. The lowest BCUT2D eigenvalue weighted by Gasteiger charge is -2.18. The van der Waals surface area contributed by atoms with E-state index in [-0.39, 0.29) is 18.5 Å². The average molecular weight is 391 g/mol. The predicted octanol–water partition coefficient (Wildman–Crippen LogP) is 3.50. The number of hydrogen-bond acceptors (Lipinski definition) is 6. The number of rotatable bonds is 5. The maximum Gasteiger partial charge on any atom is 0.341 e. The number of fused-ring (bicyclic) bond motifs is 1. The molecule has 0 bridgehead atoms. The van der Waals surface area contributed by atoms with Gasteiger partial charge in [0.15, 0.2) is 6.61 Å². The third kappa shape index (κ3) is 4.58. The van der Waals surface area contributed by atoms with Gasteiger partial charge in [0.1, 0.15) is 5.00 Å². The van der Waals surface area contributed by atoms with Crippen LogP contribution in [0.4, 0.5) is 5.00 Å². The third-order valence-corrected chi connectivity index (χ3v) is 6.27. The summed E-state index contributed by atoms with van der Waals surface area (Å²) in [5.41, 5.74) is 1.42. The van der Waals surface area contributed by atoms with Crippen molar-refractivity contribution in [1.82, 2.24) is 0 Å². The van der Waals surface area contributed by atoms with E-state index in [9.17, 15) is 14.4 Å². The molecule has 6 nitrogen and oxygen atoms in total.